The van der Waals surface area contributed by atoms with Crippen molar-refractivity contribution in [1.82, 2.24) is 4.90 Å². The molecular weight excluding hydrogens is 560 g/mol. The van der Waals surface area contributed by atoms with E-state index in [9.17, 15) is 39.0 Å². The molecule has 0 spiro atoms. The highest BCUT2D eigenvalue weighted by molar-refractivity contribution is 6.32. The predicted molar refractivity (Wildman–Crippen MR) is 152 cm³/mol. The fourth-order valence-corrected chi connectivity index (χ4v) is 6.88. The number of Topliss-reactive ketones (excluding diaryl/α,β-unsaturated/α-hetero) is 4. The van der Waals surface area contributed by atoms with Gasteiger partial charge in [-0.15, -0.1) is 0 Å². The largest absolute Gasteiger partial charge is 0.505 e. The zero-order valence-electron chi connectivity index (χ0n) is 24.0. The molecule has 2 aromatic carbocycles. The van der Waals surface area contributed by atoms with Crippen LogP contribution in [0.3, 0.4) is 0 Å². The number of anilines is 2. The summed E-state index contributed by atoms with van der Waals surface area (Å²) >= 11 is 0. The third-order valence-electron chi connectivity index (χ3n) is 8.71. The second-order valence-corrected chi connectivity index (χ2v) is 11.7. The van der Waals surface area contributed by atoms with Crippen molar-refractivity contribution in [2.45, 2.75) is 24.5 Å². The van der Waals surface area contributed by atoms with Gasteiger partial charge in [0.2, 0.25) is 5.91 Å². The number of amides is 2. The van der Waals surface area contributed by atoms with Crippen LogP contribution in [-0.4, -0.2) is 90.1 Å². The predicted octanol–water partition coefficient (Wildman–Crippen LogP) is 0.544. The Bertz CT molecular complexity index is 1570. The number of aromatic hydroxyl groups is 1. The first-order chi connectivity index (χ1) is 20.2. The second-order valence-electron chi connectivity index (χ2n) is 11.7. The molecule has 0 radical (unpaired) electrons. The minimum atomic E-state index is -2.83. The maximum atomic E-state index is 14.1. The number of aliphatic hydroxyl groups is 1. The van der Waals surface area contributed by atoms with E-state index in [1.807, 2.05) is 0 Å². The van der Waals surface area contributed by atoms with Crippen molar-refractivity contribution in [2.75, 3.05) is 38.4 Å². The zero-order valence-corrected chi connectivity index (χ0v) is 24.0. The lowest BCUT2D eigenvalue weighted by Crippen LogP contribution is -2.74. The highest BCUT2D eigenvalue weighted by Crippen LogP contribution is 2.52. The van der Waals surface area contributed by atoms with Gasteiger partial charge in [-0.25, -0.2) is 4.79 Å². The van der Waals surface area contributed by atoms with E-state index in [1.54, 1.807) is 49.3 Å². The number of primary amides is 1. The molecule has 0 saturated heterocycles. The minimum Gasteiger partial charge on any atom is -0.505 e. The molecule has 13 nitrogen and oxygen atoms in total. The first kappa shape index (κ1) is 29.9. The Hall–Kier alpha value is -4.62. The second kappa shape index (κ2) is 10.6. The van der Waals surface area contributed by atoms with Crippen molar-refractivity contribution < 1.29 is 43.7 Å². The Morgan fingerprint density at radius 2 is 1.70 bits per heavy atom. The molecule has 5 N–H and O–H groups in total. The number of hydrogen-bond donors (Lipinski definition) is 4. The van der Waals surface area contributed by atoms with E-state index in [-0.39, 0.29) is 29.8 Å². The maximum Gasteiger partial charge on any atom is 0.417 e. The van der Waals surface area contributed by atoms with Gasteiger partial charge < -0.3 is 25.6 Å². The van der Waals surface area contributed by atoms with E-state index in [4.69, 9.17) is 10.5 Å². The summed E-state index contributed by atoms with van der Waals surface area (Å²) < 4.78 is 5.25. The molecule has 0 aromatic heterocycles. The lowest BCUT2D eigenvalue weighted by atomic mass is 9.52. The summed E-state index contributed by atoms with van der Waals surface area (Å²) in [4.78, 5) is 82.7. The lowest BCUT2D eigenvalue weighted by molar-refractivity contribution is -0.181. The van der Waals surface area contributed by atoms with Crippen LogP contribution in [0.2, 0.25) is 0 Å². The topological polar surface area (TPSA) is 197 Å². The maximum absolute atomic E-state index is 14.1. The van der Waals surface area contributed by atoms with Crippen molar-refractivity contribution in [3.8, 4) is 11.5 Å². The molecule has 2 aromatic rings. The monoisotopic (exact) mass is 592 g/mol. The van der Waals surface area contributed by atoms with Crippen LogP contribution in [-0.2, 0) is 25.6 Å². The number of carbonyl (C=O) groups excluding carboxylic acids is 6. The number of benzene rings is 2. The summed E-state index contributed by atoms with van der Waals surface area (Å²) in [6.07, 6.45) is -0.925. The highest BCUT2D eigenvalue weighted by Gasteiger charge is 2.69. The van der Waals surface area contributed by atoms with E-state index in [0.717, 1.165) is 0 Å². The van der Waals surface area contributed by atoms with Crippen LogP contribution in [0, 0.1) is 23.7 Å². The molecule has 43 heavy (non-hydrogen) atoms. The van der Waals surface area contributed by atoms with E-state index in [0.29, 0.717) is 11.3 Å². The van der Waals surface area contributed by atoms with Gasteiger partial charge in [-0.3, -0.25) is 34.2 Å². The first-order valence-electron chi connectivity index (χ1n) is 13.6. The van der Waals surface area contributed by atoms with Gasteiger partial charge in [0.05, 0.1) is 23.2 Å². The van der Waals surface area contributed by atoms with Gasteiger partial charge in [0.15, 0.2) is 34.7 Å². The number of ether oxygens (including phenoxy) is 1. The third kappa shape index (κ3) is 4.55. The Kier molecular flexibility index (Phi) is 7.35. The fourth-order valence-electron chi connectivity index (χ4n) is 6.88. The first-order valence-corrected chi connectivity index (χ1v) is 13.6. The molecular formula is C30H32N4O9. The number of ketones is 4. The normalized spacial score (nSPS) is 28.1. The van der Waals surface area contributed by atoms with Crippen LogP contribution in [0.4, 0.5) is 16.2 Å². The number of nitrogens with one attached hydrogen (secondary N) is 1. The van der Waals surface area contributed by atoms with Crippen LogP contribution in [0.25, 0.3) is 0 Å². The summed E-state index contributed by atoms with van der Waals surface area (Å²) in [5.41, 5.74) is 3.00. The molecule has 5 rings (SSSR count). The fraction of sp³-hybridized carbons (Fsp3) is 0.400. The number of fused-ring (bicyclic) bond motifs is 3. The van der Waals surface area contributed by atoms with Gasteiger partial charge >= 0.3 is 6.09 Å². The summed E-state index contributed by atoms with van der Waals surface area (Å²) in [6.45, 7) is 0. The summed E-state index contributed by atoms with van der Waals surface area (Å²) in [5, 5.41) is 25.4. The molecule has 226 valence electrons. The highest BCUT2D eigenvalue weighted by atomic mass is 16.6. The number of rotatable bonds is 5. The number of nitrogens with zero attached hydrogens (tertiary/aromatic N) is 2. The quantitative estimate of drug-likeness (QED) is 0.279. The molecule has 3 aliphatic carbocycles. The summed E-state index contributed by atoms with van der Waals surface area (Å²) in [5.74, 6) is -11.4. The average Bonchev–Trinajstić information content (AvgIpc) is 2.92. The molecule has 0 bridgehead atoms. The Morgan fingerprint density at radius 1 is 1.05 bits per heavy atom. The third-order valence-corrected chi connectivity index (χ3v) is 8.71. The molecule has 0 aliphatic heterocycles. The Labute approximate surface area is 246 Å². The minimum absolute atomic E-state index is 0.0685. The van der Waals surface area contributed by atoms with Crippen molar-refractivity contribution >= 4 is 46.5 Å². The van der Waals surface area contributed by atoms with E-state index >= 15 is 0 Å². The number of hydrogen-bond acceptors (Lipinski definition) is 11. The van der Waals surface area contributed by atoms with Crippen LogP contribution < -0.4 is 20.7 Å². The number of likely N-dealkylation sites (N-methyl/N-ethyl adjacent to an activating group) is 1. The molecule has 6 unspecified atom stereocenters. The number of nitrogens with two attached hydrogens (primary N) is 1. The number of phenolic OH excluding ortho intramolecular Hbond substituents is 1. The van der Waals surface area contributed by atoms with Crippen LogP contribution in [0.5, 0.6) is 11.5 Å². The summed E-state index contributed by atoms with van der Waals surface area (Å²) in [6, 6.07) is 8.46. The molecule has 13 heteroatoms. The SMILES string of the molecule is CN(C)c1cc(NC(=O)Oc2ccccc2)c(O)c2c1CC1CC3C(N(C)C)C(=O)C(C(N)=O)C(=O)C3(O)C(=O)C1C2=O. The Morgan fingerprint density at radius 3 is 2.28 bits per heavy atom. The van der Waals surface area contributed by atoms with Crippen LogP contribution >= 0.6 is 0 Å². The molecule has 0 heterocycles. The van der Waals surface area contributed by atoms with Crippen LogP contribution in [0.1, 0.15) is 22.3 Å². The Balaban J connectivity index is 1.58. The number of carbonyl (C=O) groups is 6. The van der Waals surface area contributed by atoms with Gasteiger partial charge in [0.25, 0.3) is 0 Å². The van der Waals surface area contributed by atoms with Crippen molar-refractivity contribution in [2.24, 2.45) is 29.4 Å². The van der Waals surface area contributed by atoms with Gasteiger partial charge in [-0.2, -0.15) is 0 Å². The number of phenols is 1. The average molecular weight is 593 g/mol. The smallest absolute Gasteiger partial charge is 0.417 e. The number of para-hydroxylation sites is 1. The van der Waals surface area contributed by atoms with Crippen molar-refractivity contribution in [3.05, 3.63) is 47.5 Å². The summed E-state index contributed by atoms with van der Waals surface area (Å²) in [7, 11) is 6.44. The molecule has 3 aliphatic rings. The molecule has 2 amide bonds. The molecule has 2 fully saturated rings. The molecule has 6 atom stereocenters. The van der Waals surface area contributed by atoms with E-state index in [1.165, 1.54) is 25.1 Å². The van der Waals surface area contributed by atoms with Gasteiger partial charge in [-0.1, -0.05) is 18.2 Å². The van der Waals surface area contributed by atoms with Crippen molar-refractivity contribution in [3.63, 3.8) is 0 Å². The van der Waals surface area contributed by atoms with Crippen LogP contribution in [0.15, 0.2) is 36.4 Å². The van der Waals surface area contributed by atoms with Gasteiger partial charge in [0.1, 0.15) is 11.5 Å². The molecule has 2 saturated carbocycles. The van der Waals surface area contributed by atoms with Gasteiger partial charge in [0, 0.05) is 25.7 Å². The van der Waals surface area contributed by atoms with E-state index in [2.05, 4.69) is 5.32 Å². The van der Waals surface area contributed by atoms with E-state index < -0.39 is 76.2 Å². The zero-order chi connectivity index (χ0) is 31.5. The van der Waals surface area contributed by atoms with Gasteiger partial charge in [-0.05, 0) is 56.6 Å². The lowest BCUT2D eigenvalue weighted by Gasteiger charge is -2.52. The standard InChI is InChI=1S/C30H32N4O9/c1-33(2)18-12-17(32-29(41)43-14-8-6-5-7-9-14)23(35)20-15(18)10-13-11-16-22(34(3)4)25(37)21(28(31)40)27(39)30(16,42)26(38)19(13)24(20)36/h5-9,12-13,16,19,21-22,35,42H,10-11H2,1-4H3,(H2,31,40)(H,32,41). The van der Waals surface area contributed by atoms with Crippen molar-refractivity contribution in [1.29, 1.82) is 0 Å².